The van der Waals surface area contributed by atoms with Crippen molar-refractivity contribution in [3.63, 3.8) is 0 Å². The second kappa shape index (κ2) is 8.65. The molecular formula is C21H20N4O3S2. The van der Waals surface area contributed by atoms with E-state index in [1.807, 2.05) is 42.5 Å². The Balaban J connectivity index is 1.17. The number of nitrogens with one attached hydrogen (secondary N) is 1. The van der Waals surface area contributed by atoms with Gasteiger partial charge < -0.3 is 19.7 Å². The van der Waals surface area contributed by atoms with Crippen LogP contribution in [0.5, 0.6) is 0 Å². The fourth-order valence-electron chi connectivity index (χ4n) is 3.29. The van der Waals surface area contributed by atoms with E-state index in [9.17, 15) is 4.79 Å². The van der Waals surface area contributed by atoms with Crippen molar-refractivity contribution in [3.05, 3.63) is 47.5 Å². The Morgan fingerprint density at radius 2 is 1.90 bits per heavy atom. The van der Waals surface area contributed by atoms with Crippen LogP contribution in [0.15, 0.2) is 42.5 Å². The van der Waals surface area contributed by atoms with Gasteiger partial charge in [-0.1, -0.05) is 23.5 Å². The lowest BCUT2D eigenvalue weighted by atomic mass is 10.3. The van der Waals surface area contributed by atoms with Crippen LogP contribution in [0.1, 0.15) is 5.01 Å². The number of amides is 1. The third-order valence-corrected chi connectivity index (χ3v) is 6.83. The highest BCUT2D eigenvalue weighted by atomic mass is 32.1. The smallest absolute Gasteiger partial charge is 0.250 e. The lowest BCUT2D eigenvalue weighted by Gasteiger charge is -2.25. The minimum Gasteiger partial charge on any atom is -0.378 e. The van der Waals surface area contributed by atoms with Crippen LogP contribution < -0.4 is 10.2 Å². The molecule has 1 saturated heterocycles. The number of thiazole rings is 2. The summed E-state index contributed by atoms with van der Waals surface area (Å²) < 4.78 is 13.1. The number of benzene rings is 2. The normalized spacial score (nSPS) is 14.5. The van der Waals surface area contributed by atoms with E-state index in [4.69, 9.17) is 14.5 Å². The molecule has 3 heterocycles. The zero-order valence-corrected chi connectivity index (χ0v) is 17.8. The first-order valence-corrected chi connectivity index (χ1v) is 11.3. The van der Waals surface area contributed by atoms with Crippen molar-refractivity contribution in [2.75, 3.05) is 43.1 Å². The van der Waals surface area contributed by atoms with Crippen molar-refractivity contribution in [3.8, 4) is 0 Å². The average molecular weight is 441 g/mol. The molecule has 1 N–H and O–H groups in total. The number of rotatable bonds is 6. The third-order valence-electron chi connectivity index (χ3n) is 4.74. The van der Waals surface area contributed by atoms with Gasteiger partial charge in [-0.2, -0.15) is 0 Å². The maximum absolute atomic E-state index is 12.3. The van der Waals surface area contributed by atoms with Gasteiger partial charge in [-0.3, -0.25) is 4.79 Å². The number of hydrogen-bond donors (Lipinski definition) is 1. The number of hydrogen-bond acceptors (Lipinski definition) is 8. The number of anilines is 2. The number of aromatic nitrogens is 2. The summed E-state index contributed by atoms with van der Waals surface area (Å²) in [7, 11) is 0. The Morgan fingerprint density at radius 1 is 1.07 bits per heavy atom. The third kappa shape index (κ3) is 4.29. The lowest BCUT2D eigenvalue weighted by molar-refractivity contribution is -0.121. The van der Waals surface area contributed by atoms with Gasteiger partial charge in [-0.25, -0.2) is 9.97 Å². The maximum atomic E-state index is 12.3. The largest absolute Gasteiger partial charge is 0.378 e. The van der Waals surface area contributed by atoms with Gasteiger partial charge in [0.15, 0.2) is 5.13 Å². The Bertz CT molecular complexity index is 1150. The van der Waals surface area contributed by atoms with Crippen LogP contribution in [0.2, 0.25) is 0 Å². The number of ether oxygens (including phenoxy) is 2. The fourth-order valence-corrected chi connectivity index (χ4v) is 5.25. The molecule has 1 aliphatic rings. The van der Waals surface area contributed by atoms with Crippen LogP contribution in [0.4, 0.5) is 10.8 Å². The zero-order valence-electron chi connectivity index (χ0n) is 16.2. The molecule has 4 aromatic rings. The SMILES string of the molecule is O=C(COCc1nc2ccccc2s1)Nc1ccc2nc(N3CCOCC3)sc2c1. The molecule has 1 fully saturated rings. The van der Waals surface area contributed by atoms with Gasteiger partial charge in [-0.05, 0) is 30.3 Å². The first-order valence-electron chi connectivity index (χ1n) is 9.70. The Morgan fingerprint density at radius 3 is 2.77 bits per heavy atom. The van der Waals surface area contributed by atoms with Crippen LogP contribution in [0.25, 0.3) is 20.4 Å². The van der Waals surface area contributed by atoms with E-state index in [0.717, 1.165) is 62.6 Å². The Labute approximate surface area is 181 Å². The second-order valence-electron chi connectivity index (χ2n) is 6.89. The summed E-state index contributed by atoms with van der Waals surface area (Å²) in [5.74, 6) is -0.187. The van der Waals surface area contributed by atoms with E-state index in [2.05, 4.69) is 15.2 Å². The van der Waals surface area contributed by atoms with Gasteiger partial charge in [0.05, 0.1) is 40.3 Å². The lowest BCUT2D eigenvalue weighted by Crippen LogP contribution is -2.36. The molecule has 0 atom stereocenters. The highest BCUT2D eigenvalue weighted by Gasteiger charge is 2.16. The molecule has 30 heavy (non-hydrogen) atoms. The summed E-state index contributed by atoms with van der Waals surface area (Å²) in [5, 5.41) is 4.76. The summed E-state index contributed by atoms with van der Waals surface area (Å²) in [5.41, 5.74) is 2.64. The molecule has 0 saturated carbocycles. The molecule has 0 unspecified atom stereocenters. The second-order valence-corrected chi connectivity index (χ2v) is 9.02. The molecule has 7 nitrogen and oxygen atoms in total. The predicted molar refractivity (Wildman–Crippen MR) is 121 cm³/mol. The molecule has 0 aliphatic carbocycles. The summed E-state index contributed by atoms with van der Waals surface area (Å²) >= 11 is 3.22. The Kier molecular flexibility index (Phi) is 5.58. The molecule has 1 amide bonds. The van der Waals surface area contributed by atoms with E-state index < -0.39 is 0 Å². The van der Waals surface area contributed by atoms with Crippen molar-refractivity contribution in [1.82, 2.24) is 9.97 Å². The number of para-hydroxylation sites is 1. The van der Waals surface area contributed by atoms with Gasteiger partial charge in [0.2, 0.25) is 5.91 Å². The average Bonchev–Trinajstić information content (AvgIpc) is 3.37. The topological polar surface area (TPSA) is 76.6 Å². The number of nitrogens with zero attached hydrogens (tertiary/aromatic N) is 3. The Hall–Kier alpha value is -2.59. The van der Waals surface area contributed by atoms with Crippen LogP contribution in [-0.4, -0.2) is 48.8 Å². The highest BCUT2D eigenvalue weighted by Crippen LogP contribution is 2.31. The van der Waals surface area contributed by atoms with Gasteiger partial charge in [0.25, 0.3) is 0 Å². The molecule has 1 aliphatic heterocycles. The van der Waals surface area contributed by atoms with Crippen LogP contribution >= 0.6 is 22.7 Å². The van der Waals surface area contributed by atoms with E-state index in [1.165, 1.54) is 0 Å². The summed E-state index contributed by atoms with van der Waals surface area (Å²) in [4.78, 5) is 23.7. The number of carbonyl (C=O) groups is 1. The molecule has 0 bridgehead atoms. The van der Waals surface area contributed by atoms with E-state index in [0.29, 0.717) is 6.61 Å². The van der Waals surface area contributed by atoms with Gasteiger partial charge in [0.1, 0.15) is 11.6 Å². The van der Waals surface area contributed by atoms with Crippen molar-refractivity contribution in [2.45, 2.75) is 6.61 Å². The standard InChI is InChI=1S/C21H20N4O3S2/c26-19(12-28-13-20-23-15-3-1-2-4-17(15)29-20)22-14-5-6-16-18(11-14)30-21(24-16)25-7-9-27-10-8-25/h1-6,11H,7-10,12-13H2,(H,22,26). The summed E-state index contributed by atoms with van der Waals surface area (Å²) in [6.07, 6.45) is 0. The first kappa shape index (κ1) is 19.4. The number of morpholine rings is 1. The van der Waals surface area contributed by atoms with Crippen molar-refractivity contribution in [2.24, 2.45) is 0 Å². The van der Waals surface area contributed by atoms with Crippen molar-refractivity contribution in [1.29, 1.82) is 0 Å². The fraction of sp³-hybridized carbons (Fsp3) is 0.286. The van der Waals surface area contributed by atoms with E-state index in [-0.39, 0.29) is 12.5 Å². The quantitative estimate of drug-likeness (QED) is 0.490. The van der Waals surface area contributed by atoms with Crippen LogP contribution in [0, 0.1) is 0 Å². The van der Waals surface area contributed by atoms with Gasteiger partial charge in [-0.15, -0.1) is 11.3 Å². The molecule has 0 spiro atoms. The highest BCUT2D eigenvalue weighted by molar-refractivity contribution is 7.22. The summed E-state index contributed by atoms with van der Waals surface area (Å²) in [6, 6.07) is 13.7. The van der Waals surface area contributed by atoms with Crippen molar-refractivity contribution >= 4 is 59.8 Å². The summed E-state index contributed by atoms with van der Waals surface area (Å²) in [6.45, 7) is 3.48. The molecule has 2 aromatic carbocycles. The van der Waals surface area contributed by atoms with Crippen LogP contribution in [-0.2, 0) is 20.9 Å². The van der Waals surface area contributed by atoms with Gasteiger partial charge in [0, 0.05) is 18.8 Å². The molecule has 9 heteroatoms. The van der Waals surface area contributed by atoms with Crippen molar-refractivity contribution < 1.29 is 14.3 Å². The molecule has 154 valence electrons. The minimum absolute atomic E-state index is 0.0182. The monoisotopic (exact) mass is 440 g/mol. The predicted octanol–water partition coefficient (Wildman–Crippen LogP) is 3.90. The van der Waals surface area contributed by atoms with Gasteiger partial charge >= 0.3 is 0 Å². The molecular weight excluding hydrogens is 420 g/mol. The minimum atomic E-state index is -0.187. The molecule has 2 aromatic heterocycles. The first-order chi connectivity index (χ1) is 14.7. The maximum Gasteiger partial charge on any atom is 0.250 e. The molecule has 5 rings (SSSR count). The van der Waals surface area contributed by atoms with E-state index in [1.54, 1.807) is 22.7 Å². The van der Waals surface area contributed by atoms with Crippen LogP contribution in [0.3, 0.4) is 0 Å². The zero-order chi connectivity index (χ0) is 20.3. The number of fused-ring (bicyclic) bond motifs is 2. The van der Waals surface area contributed by atoms with E-state index >= 15 is 0 Å². The number of carbonyl (C=O) groups excluding carboxylic acids is 1. The molecule has 0 radical (unpaired) electrons.